The number of para-hydroxylation sites is 1. The van der Waals surface area contributed by atoms with Gasteiger partial charge in [-0.25, -0.2) is 9.97 Å². The van der Waals surface area contributed by atoms with Gasteiger partial charge in [-0.05, 0) is 51.0 Å². The maximum absolute atomic E-state index is 4.85. The Hall–Kier alpha value is -3.06. The van der Waals surface area contributed by atoms with Crippen molar-refractivity contribution in [1.29, 1.82) is 0 Å². The summed E-state index contributed by atoms with van der Waals surface area (Å²) in [5.74, 6) is 1.38. The third kappa shape index (κ3) is 3.50. The Kier molecular flexibility index (Phi) is 5.04. The van der Waals surface area contributed by atoms with Crippen LogP contribution in [0.5, 0.6) is 0 Å². The molecular formula is C23H27N7. The van der Waals surface area contributed by atoms with E-state index in [0.29, 0.717) is 17.9 Å². The third-order valence-electron chi connectivity index (χ3n) is 6.13. The van der Waals surface area contributed by atoms with Crippen molar-refractivity contribution in [1.82, 2.24) is 29.5 Å². The molecule has 0 spiro atoms. The van der Waals surface area contributed by atoms with E-state index in [1.54, 1.807) is 12.4 Å². The first kappa shape index (κ1) is 18.9. The first-order valence-electron chi connectivity index (χ1n) is 10.8. The van der Waals surface area contributed by atoms with Crippen LogP contribution >= 0.6 is 0 Å². The summed E-state index contributed by atoms with van der Waals surface area (Å²) in [5, 5.41) is 9.27. The molecule has 1 saturated heterocycles. The van der Waals surface area contributed by atoms with Crippen LogP contribution in [-0.4, -0.2) is 54.6 Å². The van der Waals surface area contributed by atoms with Gasteiger partial charge in [0.1, 0.15) is 0 Å². The van der Waals surface area contributed by atoms with E-state index in [-0.39, 0.29) is 0 Å². The van der Waals surface area contributed by atoms with Gasteiger partial charge < -0.3 is 5.32 Å². The Morgan fingerprint density at radius 2 is 1.87 bits per heavy atom. The Morgan fingerprint density at radius 1 is 1.03 bits per heavy atom. The van der Waals surface area contributed by atoms with Crippen LogP contribution in [0.4, 0.5) is 5.95 Å². The number of benzene rings is 1. The van der Waals surface area contributed by atoms with Gasteiger partial charge >= 0.3 is 0 Å². The van der Waals surface area contributed by atoms with E-state index >= 15 is 0 Å². The van der Waals surface area contributed by atoms with Crippen molar-refractivity contribution < 1.29 is 0 Å². The lowest BCUT2D eigenvalue weighted by Gasteiger charge is -2.39. The van der Waals surface area contributed by atoms with Gasteiger partial charge in [0, 0.05) is 48.5 Å². The van der Waals surface area contributed by atoms with Crippen molar-refractivity contribution in [2.24, 2.45) is 0 Å². The van der Waals surface area contributed by atoms with Gasteiger partial charge in [-0.2, -0.15) is 4.52 Å². The van der Waals surface area contributed by atoms with Crippen molar-refractivity contribution in [2.45, 2.75) is 45.2 Å². The average Bonchev–Trinajstić information content (AvgIpc) is 3.22. The summed E-state index contributed by atoms with van der Waals surface area (Å²) in [6.45, 7) is 6.47. The van der Waals surface area contributed by atoms with Crippen molar-refractivity contribution in [3.05, 3.63) is 48.8 Å². The summed E-state index contributed by atoms with van der Waals surface area (Å²) in [5.41, 5.74) is 2.62. The summed E-state index contributed by atoms with van der Waals surface area (Å²) in [7, 11) is 0. The molecule has 1 fully saturated rings. The highest BCUT2D eigenvalue weighted by molar-refractivity contribution is 5.92. The van der Waals surface area contributed by atoms with Crippen LogP contribution in [0.15, 0.2) is 48.8 Å². The number of fused-ring (bicyclic) bond motifs is 3. The summed E-state index contributed by atoms with van der Waals surface area (Å²) >= 11 is 0. The van der Waals surface area contributed by atoms with Gasteiger partial charge in [0.15, 0.2) is 11.5 Å². The fourth-order valence-corrected chi connectivity index (χ4v) is 4.50. The lowest BCUT2D eigenvalue weighted by molar-refractivity contribution is 0.109. The molecule has 2 atom stereocenters. The van der Waals surface area contributed by atoms with Gasteiger partial charge in [-0.3, -0.25) is 9.88 Å². The summed E-state index contributed by atoms with van der Waals surface area (Å²) in [6.07, 6.45) is 7.43. The van der Waals surface area contributed by atoms with E-state index in [4.69, 9.17) is 15.1 Å². The zero-order valence-electron chi connectivity index (χ0n) is 17.5. The zero-order chi connectivity index (χ0) is 20.5. The Labute approximate surface area is 176 Å². The minimum Gasteiger partial charge on any atom is -0.353 e. The van der Waals surface area contributed by atoms with E-state index in [2.05, 4.69) is 29.0 Å². The van der Waals surface area contributed by atoms with Gasteiger partial charge in [0.25, 0.3) is 0 Å². The van der Waals surface area contributed by atoms with Gasteiger partial charge in [0.2, 0.25) is 5.95 Å². The second-order valence-electron chi connectivity index (χ2n) is 8.16. The Morgan fingerprint density at radius 3 is 2.67 bits per heavy atom. The highest BCUT2D eigenvalue weighted by Gasteiger charge is 2.24. The van der Waals surface area contributed by atoms with Gasteiger partial charge in [0.05, 0.1) is 5.52 Å². The van der Waals surface area contributed by atoms with Crippen molar-refractivity contribution >= 4 is 22.5 Å². The molecule has 5 rings (SSSR count). The highest BCUT2D eigenvalue weighted by atomic mass is 15.4. The molecule has 0 bridgehead atoms. The molecule has 4 heterocycles. The molecule has 0 saturated carbocycles. The first-order valence-corrected chi connectivity index (χ1v) is 10.8. The van der Waals surface area contributed by atoms with E-state index in [1.807, 2.05) is 40.9 Å². The fourth-order valence-electron chi connectivity index (χ4n) is 4.50. The molecule has 1 aromatic carbocycles. The average molecular weight is 402 g/mol. The molecule has 30 heavy (non-hydrogen) atoms. The van der Waals surface area contributed by atoms with Crippen LogP contribution in [0.25, 0.3) is 27.9 Å². The molecule has 3 aromatic heterocycles. The number of hydrogen-bond acceptors (Lipinski definition) is 6. The predicted molar refractivity (Wildman–Crippen MR) is 119 cm³/mol. The van der Waals surface area contributed by atoms with Crippen molar-refractivity contribution in [3.8, 4) is 11.4 Å². The number of likely N-dealkylation sites (tertiary alicyclic amines) is 1. The fraction of sp³-hybridized carbons (Fsp3) is 0.391. The number of hydrogen-bond donors (Lipinski definition) is 1. The van der Waals surface area contributed by atoms with Crippen molar-refractivity contribution in [3.63, 3.8) is 0 Å². The molecular weight excluding hydrogens is 374 g/mol. The molecule has 0 unspecified atom stereocenters. The molecule has 154 valence electrons. The normalized spacial score (nSPS) is 20.1. The van der Waals surface area contributed by atoms with E-state index in [9.17, 15) is 0 Å². The Bertz CT molecular complexity index is 1140. The van der Waals surface area contributed by atoms with Crippen LogP contribution in [0, 0.1) is 0 Å². The molecule has 7 heteroatoms. The molecule has 7 nitrogen and oxygen atoms in total. The lowest BCUT2D eigenvalue weighted by Crippen LogP contribution is -2.45. The largest absolute Gasteiger partial charge is 0.353 e. The number of anilines is 1. The second-order valence-corrected chi connectivity index (χ2v) is 8.16. The molecule has 1 aliphatic rings. The summed E-state index contributed by atoms with van der Waals surface area (Å²) in [4.78, 5) is 16.5. The molecule has 0 amide bonds. The number of aromatic nitrogens is 5. The smallest absolute Gasteiger partial charge is 0.226 e. The highest BCUT2D eigenvalue weighted by Crippen LogP contribution is 2.24. The third-order valence-corrected chi connectivity index (χ3v) is 6.13. The van der Waals surface area contributed by atoms with Crippen LogP contribution in [0.2, 0.25) is 0 Å². The number of nitrogens with one attached hydrogen (secondary N) is 1. The maximum atomic E-state index is 4.85. The van der Waals surface area contributed by atoms with E-state index in [0.717, 1.165) is 41.2 Å². The standard InChI is InChI=1S/C23H27N7/c1-16-7-5-8-17(2)29(16)14-13-25-23-26-20-11-4-3-10-19(20)22-27-21(28-30(22)23)18-9-6-12-24-15-18/h3-4,6,9-12,15-17H,5,7-8,13-14H2,1-2H3,(H,25,26)/t16-,17-/m1/s1. The van der Waals surface area contributed by atoms with Crippen molar-refractivity contribution in [2.75, 3.05) is 18.4 Å². The van der Waals surface area contributed by atoms with Crippen LogP contribution < -0.4 is 5.32 Å². The number of pyridine rings is 1. The zero-order valence-corrected chi connectivity index (χ0v) is 17.5. The number of nitrogens with zero attached hydrogens (tertiary/aromatic N) is 6. The topological polar surface area (TPSA) is 71.2 Å². The minimum absolute atomic E-state index is 0.628. The first-order chi connectivity index (χ1) is 14.7. The summed E-state index contributed by atoms with van der Waals surface area (Å²) in [6, 6.07) is 13.2. The quantitative estimate of drug-likeness (QED) is 0.545. The molecule has 1 N–H and O–H groups in total. The van der Waals surface area contributed by atoms with Crippen LogP contribution in [0.3, 0.4) is 0 Å². The van der Waals surface area contributed by atoms with E-state index in [1.165, 1.54) is 19.3 Å². The monoisotopic (exact) mass is 401 g/mol. The SMILES string of the molecule is C[C@@H]1CCC[C@@H](C)N1CCNc1nc2ccccc2c2nc(-c3cccnc3)nn12. The lowest BCUT2D eigenvalue weighted by atomic mass is 9.98. The molecule has 4 aromatic rings. The van der Waals surface area contributed by atoms with Crippen LogP contribution in [-0.2, 0) is 0 Å². The van der Waals surface area contributed by atoms with Crippen LogP contribution in [0.1, 0.15) is 33.1 Å². The summed E-state index contributed by atoms with van der Waals surface area (Å²) < 4.78 is 1.83. The predicted octanol–water partition coefficient (Wildman–Crippen LogP) is 4.01. The van der Waals surface area contributed by atoms with Gasteiger partial charge in [-0.15, -0.1) is 5.10 Å². The number of piperidine rings is 1. The maximum Gasteiger partial charge on any atom is 0.226 e. The number of rotatable bonds is 5. The molecule has 0 radical (unpaired) electrons. The van der Waals surface area contributed by atoms with Gasteiger partial charge in [-0.1, -0.05) is 18.6 Å². The minimum atomic E-state index is 0.628. The Balaban J connectivity index is 1.48. The molecule has 1 aliphatic heterocycles. The second kappa shape index (κ2) is 7.99. The van der Waals surface area contributed by atoms with E-state index < -0.39 is 0 Å². The molecule has 0 aliphatic carbocycles.